The first-order chi connectivity index (χ1) is 4.31. The molecule has 0 spiro atoms. The van der Waals surface area contributed by atoms with Gasteiger partial charge in [-0.25, -0.2) is 0 Å². The van der Waals surface area contributed by atoms with Crippen LogP contribution in [-0.2, 0) is 0 Å². The molecule has 0 aliphatic rings. The van der Waals surface area contributed by atoms with E-state index in [0.717, 1.165) is 16.1 Å². The molecule has 0 aromatic rings. The quantitative estimate of drug-likeness (QED) is 0.398. The molecule has 0 aliphatic carbocycles. The minimum absolute atomic E-state index is 0.722. The number of hydrogen-bond acceptors (Lipinski definition) is 4. The maximum absolute atomic E-state index is 4.14. The van der Waals surface area contributed by atoms with Crippen molar-refractivity contribution in [3.63, 3.8) is 0 Å². The molecule has 9 heavy (non-hydrogen) atoms. The molecule has 0 radical (unpaired) electrons. The van der Waals surface area contributed by atoms with Gasteiger partial charge in [-0.3, -0.25) is 0 Å². The Morgan fingerprint density at radius 1 is 1.44 bits per heavy atom. The molecule has 0 aromatic carbocycles. The van der Waals surface area contributed by atoms with Crippen molar-refractivity contribution in [3.05, 3.63) is 0 Å². The fourth-order valence-electron chi connectivity index (χ4n) is 0.376. The Morgan fingerprint density at radius 3 is 2.56 bits per heavy atom. The summed E-state index contributed by atoms with van der Waals surface area (Å²) in [6, 6.07) is 0. The second kappa shape index (κ2) is 7.51. The van der Waals surface area contributed by atoms with E-state index in [4.69, 9.17) is 0 Å². The van der Waals surface area contributed by atoms with Crippen molar-refractivity contribution in [2.45, 2.75) is 18.6 Å². The molecule has 0 aliphatic heterocycles. The van der Waals surface area contributed by atoms with Gasteiger partial charge in [0.25, 0.3) is 0 Å². The van der Waals surface area contributed by atoms with Crippen molar-refractivity contribution in [1.82, 2.24) is 0 Å². The van der Waals surface area contributed by atoms with E-state index in [9.17, 15) is 0 Å². The van der Waals surface area contributed by atoms with Crippen LogP contribution in [0, 0.1) is 0 Å². The normalized spacial score (nSPS) is 13.7. The lowest BCUT2D eigenvalue weighted by Crippen LogP contribution is -1.93. The molecule has 0 heterocycles. The van der Waals surface area contributed by atoms with Crippen molar-refractivity contribution >= 4 is 46.8 Å². The lowest BCUT2D eigenvalue weighted by Gasteiger charge is -2.05. The molecule has 0 amide bonds. The van der Waals surface area contributed by atoms with Crippen LogP contribution in [0.25, 0.3) is 0 Å². The van der Waals surface area contributed by atoms with Crippen molar-refractivity contribution < 1.29 is 0 Å². The van der Waals surface area contributed by atoms with Gasteiger partial charge in [0.1, 0.15) is 0 Å². The molecule has 56 valence electrons. The summed E-state index contributed by atoms with van der Waals surface area (Å²) < 4.78 is 0. The highest BCUT2D eigenvalue weighted by Gasteiger charge is 1.99. The Morgan fingerprint density at radius 2 is 2.11 bits per heavy atom. The summed E-state index contributed by atoms with van der Waals surface area (Å²) in [7, 11) is 3.70. The topological polar surface area (TPSA) is 0 Å². The van der Waals surface area contributed by atoms with E-state index in [0.29, 0.717) is 0 Å². The average Bonchev–Trinajstić information content (AvgIpc) is 1.85. The zero-order valence-electron chi connectivity index (χ0n) is 5.41. The van der Waals surface area contributed by atoms with Crippen LogP contribution in [0.3, 0.4) is 0 Å². The Kier molecular flexibility index (Phi) is 8.67. The van der Waals surface area contributed by atoms with E-state index in [-0.39, 0.29) is 0 Å². The lowest BCUT2D eigenvalue weighted by molar-refractivity contribution is 0.926. The predicted octanol–water partition coefficient (Wildman–Crippen LogP) is 2.96. The third-order valence-electron chi connectivity index (χ3n) is 0.821. The van der Waals surface area contributed by atoms with Gasteiger partial charge < -0.3 is 0 Å². The fourth-order valence-corrected chi connectivity index (χ4v) is 3.16. The molecule has 1 atom stereocenters. The molecule has 0 N–H and O–H groups in total. The maximum Gasteiger partial charge on any atom is 0.0465 e. The standard InChI is InChI=1S/C5H12S4/c1-5(2-3-6)9-8-4-7/h5-7H,2-4H2,1H3. The van der Waals surface area contributed by atoms with Crippen LogP contribution in [0.4, 0.5) is 0 Å². The molecule has 0 saturated carbocycles. The van der Waals surface area contributed by atoms with E-state index in [2.05, 4.69) is 32.2 Å². The Balaban J connectivity index is 2.95. The first-order valence-corrected chi connectivity index (χ1v) is 6.46. The highest BCUT2D eigenvalue weighted by molar-refractivity contribution is 8.78. The molecule has 0 saturated heterocycles. The summed E-state index contributed by atoms with van der Waals surface area (Å²) in [6.07, 6.45) is 1.19. The molecule has 1 unspecified atom stereocenters. The van der Waals surface area contributed by atoms with E-state index in [1.807, 2.05) is 10.8 Å². The van der Waals surface area contributed by atoms with Gasteiger partial charge in [0.2, 0.25) is 0 Å². The van der Waals surface area contributed by atoms with Crippen LogP contribution in [-0.4, -0.2) is 16.1 Å². The maximum atomic E-state index is 4.14. The first kappa shape index (κ1) is 10.4. The fraction of sp³-hybridized carbons (Fsp3) is 1.00. The molecule has 4 heteroatoms. The summed E-state index contributed by atoms with van der Waals surface area (Å²) in [5, 5.41) is 1.63. The molecule has 0 fully saturated rings. The average molecular weight is 200 g/mol. The first-order valence-electron chi connectivity index (χ1n) is 2.81. The third kappa shape index (κ3) is 7.30. The molecule has 0 rings (SSSR count). The minimum atomic E-state index is 0.722. The Bertz CT molecular complexity index is 56.9. The summed E-state index contributed by atoms with van der Waals surface area (Å²) in [5.74, 6) is 0.987. The highest BCUT2D eigenvalue weighted by atomic mass is 33.1. The second-order valence-electron chi connectivity index (χ2n) is 1.67. The van der Waals surface area contributed by atoms with Crippen molar-refractivity contribution in [2.75, 3.05) is 10.8 Å². The van der Waals surface area contributed by atoms with Gasteiger partial charge in [-0.05, 0) is 12.2 Å². The smallest absolute Gasteiger partial charge is 0.0465 e. The van der Waals surface area contributed by atoms with Crippen LogP contribution in [0.2, 0.25) is 0 Å². The Labute approximate surface area is 76.2 Å². The molecule has 0 nitrogen and oxygen atoms in total. The summed E-state index contributed by atoms with van der Waals surface area (Å²) in [6.45, 7) is 2.22. The van der Waals surface area contributed by atoms with E-state index in [1.165, 1.54) is 6.42 Å². The van der Waals surface area contributed by atoms with E-state index >= 15 is 0 Å². The SMILES string of the molecule is CC(CCS)SSCS. The third-order valence-corrected chi connectivity index (χ3v) is 4.54. The summed E-state index contributed by atoms with van der Waals surface area (Å²) in [4.78, 5) is 0. The monoisotopic (exact) mass is 200 g/mol. The predicted molar refractivity (Wildman–Crippen MR) is 57.0 cm³/mol. The summed E-state index contributed by atoms with van der Waals surface area (Å²) in [5.41, 5.74) is 0. The van der Waals surface area contributed by atoms with Gasteiger partial charge in [0.05, 0.1) is 0 Å². The van der Waals surface area contributed by atoms with Crippen molar-refractivity contribution in [3.8, 4) is 0 Å². The van der Waals surface area contributed by atoms with Gasteiger partial charge in [-0.15, -0.1) is 0 Å². The summed E-state index contributed by atoms with van der Waals surface area (Å²) >= 11 is 8.23. The van der Waals surface area contributed by atoms with Crippen LogP contribution in [0.5, 0.6) is 0 Å². The number of rotatable bonds is 5. The molecule has 0 aromatic heterocycles. The molecule has 0 bridgehead atoms. The highest BCUT2D eigenvalue weighted by Crippen LogP contribution is 2.28. The van der Waals surface area contributed by atoms with Gasteiger partial charge in [0.15, 0.2) is 0 Å². The van der Waals surface area contributed by atoms with Crippen molar-refractivity contribution in [2.24, 2.45) is 0 Å². The van der Waals surface area contributed by atoms with Gasteiger partial charge in [-0.2, -0.15) is 25.3 Å². The lowest BCUT2D eigenvalue weighted by atomic mass is 10.4. The van der Waals surface area contributed by atoms with E-state index in [1.54, 1.807) is 10.8 Å². The number of hydrogen-bond donors (Lipinski definition) is 2. The second-order valence-corrected chi connectivity index (χ2v) is 5.66. The van der Waals surface area contributed by atoms with Crippen LogP contribution in [0.15, 0.2) is 0 Å². The number of thiol groups is 2. The Hall–Kier alpha value is 1.40. The largest absolute Gasteiger partial charge is 0.179 e. The van der Waals surface area contributed by atoms with Crippen LogP contribution < -0.4 is 0 Å². The zero-order chi connectivity index (χ0) is 7.11. The zero-order valence-corrected chi connectivity index (χ0v) is 8.83. The van der Waals surface area contributed by atoms with Gasteiger partial charge >= 0.3 is 0 Å². The molecular formula is C5H12S4. The van der Waals surface area contributed by atoms with Crippen molar-refractivity contribution in [1.29, 1.82) is 0 Å². The minimum Gasteiger partial charge on any atom is -0.179 e. The van der Waals surface area contributed by atoms with Gasteiger partial charge in [0, 0.05) is 10.3 Å². The molecular weight excluding hydrogens is 188 g/mol. The van der Waals surface area contributed by atoms with Crippen LogP contribution in [0.1, 0.15) is 13.3 Å². The van der Waals surface area contributed by atoms with E-state index < -0.39 is 0 Å². The van der Waals surface area contributed by atoms with Crippen LogP contribution >= 0.6 is 46.8 Å². The van der Waals surface area contributed by atoms with Gasteiger partial charge in [-0.1, -0.05) is 28.5 Å².